The molecular weight excluding hydrogens is 597 g/mol. The molecule has 0 rings (SSSR count). The van der Waals surface area contributed by atoms with Gasteiger partial charge in [-0.3, -0.25) is 0 Å². The Hall–Kier alpha value is -1.65. The molecule has 0 aliphatic rings. The van der Waals surface area contributed by atoms with Gasteiger partial charge >= 0.3 is 65.3 Å². The molecule has 0 aliphatic carbocycles. The maximum atomic E-state index is 13.4. The second kappa shape index (κ2) is 8.17. The third-order valence-electron chi connectivity index (χ3n) is 4.16. The molecule has 36 heavy (non-hydrogen) atoms. The molecule has 24 heteroatoms. The molecular formula is C12H3F23O. The highest BCUT2D eigenvalue weighted by Crippen LogP contribution is 2.66. The summed E-state index contributed by atoms with van der Waals surface area (Å²) >= 11 is 0. The van der Waals surface area contributed by atoms with E-state index in [2.05, 4.69) is 0 Å². The van der Waals surface area contributed by atoms with Gasteiger partial charge in [0.2, 0.25) is 0 Å². The van der Waals surface area contributed by atoms with Crippen LogP contribution in [-0.2, 0) is 0 Å². The fraction of sp³-hybridized carbons (Fsp3) is 1.00. The molecule has 0 unspecified atom stereocenters. The Morgan fingerprint density at radius 2 is 0.472 bits per heavy atom. The van der Waals surface area contributed by atoms with Crippen molar-refractivity contribution in [3.05, 3.63) is 0 Å². The van der Waals surface area contributed by atoms with Crippen molar-refractivity contribution >= 4 is 0 Å². The van der Waals surface area contributed by atoms with Gasteiger partial charge in [0, 0.05) is 0 Å². The van der Waals surface area contributed by atoms with Crippen LogP contribution >= 0.6 is 0 Å². The molecule has 0 atom stereocenters. The molecule has 1 N–H and O–H groups in total. The number of aliphatic hydroxyl groups is 1. The number of halogens is 23. The molecule has 0 saturated heterocycles. The Morgan fingerprint density at radius 1 is 0.306 bits per heavy atom. The summed E-state index contributed by atoms with van der Waals surface area (Å²) in [4.78, 5) is 0. The fourth-order valence-corrected chi connectivity index (χ4v) is 1.88. The molecule has 0 amide bonds. The fourth-order valence-electron chi connectivity index (χ4n) is 1.88. The second-order valence-corrected chi connectivity index (χ2v) is 6.55. The minimum absolute atomic E-state index is 4.18. The van der Waals surface area contributed by atoms with Crippen LogP contribution in [0.1, 0.15) is 0 Å². The summed E-state index contributed by atoms with van der Waals surface area (Å²) in [7, 11) is 0. The van der Waals surface area contributed by atoms with E-state index in [4.69, 9.17) is 5.11 Å². The average molecular weight is 600 g/mol. The van der Waals surface area contributed by atoms with E-state index in [9.17, 15) is 101 Å². The Kier molecular flexibility index (Phi) is 7.80. The molecule has 0 spiro atoms. The van der Waals surface area contributed by atoms with Crippen molar-refractivity contribution in [1.82, 2.24) is 0 Å². The Bertz CT molecular complexity index is 802. The zero-order valence-corrected chi connectivity index (χ0v) is 15.3. The second-order valence-electron chi connectivity index (χ2n) is 6.55. The van der Waals surface area contributed by atoms with Crippen LogP contribution in [0.4, 0.5) is 101 Å². The third kappa shape index (κ3) is 3.81. The maximum Gasteiger partial charge on any atom is 0.423 e. The molecule has 0 aromatic carbocycles. The molecule has 0 saturated carbocycles. The van der Waals surface area contributed by atoms with Crippen LogP contribution in [0.5, 0.6) is 0 Å². The predicted molar refractivity (Wildman–Crippen MR) is 62.6 cm³/mol. The van der Waals surface area contributed by atoms with E-state index in [1.807, 2.05) is 0 Å². The largest absolute Gasteiger partial charge is 0.423 e. The summed E-state index contributed by atoms with van der Waals surface area (Å²) in [5.41, 5.74) is 0. The smallest absolute Gasteiger partial charge is 0.331 e. The normalized spacial score (nSPS) is 17.0. The molecule has 0 heterocycles. The summed E-state index contributed by atoms with van der Waals surface area (Å²) < 4.78 is 298. The predicted octanol–water partition coefficient (Wildman–Crippen LogP) is 6.89. The van der Waals surface area contributed by atoms with Crippen LogP contribution in [0.25, 0.3) is 0 Å². The zero-order valence-electron chi connectivity index (χ0n) is 15.3. The van der Waals surface area contributed by atoms with Gasteiger partial charge in [-0.25, -0.2) is 4.39 Å². The summed E-state index contributed by atoms with van der Waals surface area (Å²) in [5.74, 6) is -88.0. The lowest BCUT2D eigenvalue weighted by atomic mass is 9.85. The van der Waals surface area contributed by atoms with E-state index in [1.54, 1.807) is 0 Å². The van der Waals surface area contributed by atoms with Crippen molar-refractivity contribution in [2.75, 3.05) is 6.67 Å². The van der Waals surface area contributed by atoms with Crippen LogP contribution in [0.3, 0.4) is 0 Å². The Morgan fingerprint density at radius 3 is 0.639 bits per heavy atom. The highest BCUT2D eigenvalue weighted by molar-refractivity contribution is 5.18. The van der Waals surface area contributed by atoms with Crippen molar-refractivity contribution in [2.24, 2.45) is 0 Å². The highest BCUT2D eigenvalue weighted by atomic mass is 19.4. The summed E-state index contributed by atoms with van der Waals surface area (Å²) in [5, 5.41) is 7.42. The van der Waals surface area contributed by atoms with Crippen LogP contribution in [0.15, 0.2) is 0 Å². The Balaban J connectivity index is 7.18. The van der Waals surface area contributed by atoms with E-state index in [0.29, 0.717) is 0 Å². The first-order chi connectivity index (χ1) is 15.1. The van der Waals surface area contributed by atoms with E-state index in [0.717, 1.165) is 0 Å². The van der Waals surface area contributed by atoms with Gasteiger partial charge in [0.25, 0.3) is 0 Å². The van der Waals surface area contributed by atoms with Crippen LogP contribution in [0, 0.1) is 0 Å². The van der Waals surface area contributed by atoms with Gasteiger partial charge in [-0.1, -0.05) is 0 Å². The molecule has 0 aromatic rings. The minimum atomic E-state index is -9.40. The highest BCUT2D eigenvalue weighted by Gasteiger charge is 2.98. The monoisotopic (exact) mass is 600 g/mol. The Labute approximate surface area is 179 Å². The lowest BCUT2D eigenvalue weighted by molar-refractivity contribution is -0.482. The van der Waals surface area contributed by atoms with E-state index in [1.165, 1.54) is 0 Å². The number of alkyl halides is 23. The zero-order chi connectivity index (χ0) is 30.2. The molecule has 0 fully saturated rings. The molecule has 0 bridgehead atoms. The van der Waals surface area contributed by atoms with Gasteiger partial charge in [0.15, 0.2) is 6.67 Å². The van der Waals surface area contributed by atoms with E-state index >= 15 is 0 Å². The van der Waals surface area contributed by atoms with Crippen molar-refractivity contribution < 1.29 is 106 Å². The SMILES string of the molecule is OC(F)(F)C(F)(F)C(F)(F)C(F)(F)C(F)(F)C(F)(F)C(F)(F)C(F)(F)C(F)(F)C(F)(F)C(F)(F)CF. The topological polar surface area (TPSA) is 20.2 Å². The van der Waals surface area contributed by atoms with Crippen LogP contribution < -0.4 is 0 Å². The third-order valence-corrected chi connectivity index (χ3v) is 4.16. The van der Waals surface area contributed by atoms with Crippen molar-refractivity contribution in [3.8, 4) is 0 Å². The van der Waals surface area contributed by atoms with Crippen LogP contribution in [-0.4, -0.2) is 77.1 Å². The summed E-state index contributed by atoms with van der Waals surface area (Å²) in [6.45, 7) is -4.18. The first-order valence-corrected chi connectivity index (χ1v) is 7.50. The average Bonchev–Trinajstić information content (AvgIpc) is 2.65. The summed E-state index contributed by atoms with van der Waals surface area (Å²) in [6.07, 6.45) is -7.61. The molecule has 0 radical (unpaired) electrons. The molecule has 1 nitrogen and oxygen atoms in total. The first kappa shape index (κ1) is 34.4. The van der Waals surface area contributed by atoms with Crippen molar-refractivity contribution in [1.29, 1.82) is 0 Å². The van der Waals surface area contributed by atoms with Crippen molar-refractivity contribution in [2.45, 2.75) is 65.3 Å². The number of hydrogen-bond donors (Lipinski definition) is 1. The van der Waals surface area contributed by atoms with Crippen molar-refractivity contribution in [3.63, 3.8) is 0 Å². The van der Waals surface area contributed by atoms with Gasteiger partial charge in [-0.15, -0.1) is 0 Å². The number of rotatable bonds is 11. The van der Waals surface area contributed by atoms with E-state index in [-0.39, 0.29) is 0 Å². The molecule has 0 aromatic heterocycles. The number of hydrogen-bond acceptors (Lipinski definition) is 1. The standard InChI is InChI=1S/C12H3F23O/c13-1-2(14,15)3(16,17)4(18,19)5(20,21)6(22,23)7(24,25)8(26,27)9(28,29)10(30,31)11(32,33)12(34,35)36/h36H,1H2. The van der Waals surface area contributed by atoms with Gasteiger partial charge in [0.1, 0.15) is 0 Å². The first-order valence-electron chi connectivity index (χ1n) is 7.50. The van der Waals surface area contributed by atoms with Gasteiger partial charge in [0.05, 0.1) is 0 Å². The lowest BCUT2D eigenvalue weighted by Gasteiger charge is -2.45. The lowest BCUT2D eigenvalue weighted by Crippen LogP contribution is -2.77. The van der Waals surface area contributed by atoms with Gasteiger partial charge in [-0.05, 0) is 0 Å². The van der Waals surface area contributed by atoms with E-state index < -0.39 is 72.0 Å². The van der Waals surface area contributed by atoms with Crippen LogP contribution in [0.2, 0.25) is 0 Å². The summed E-state index contributed by atoms with van der Waals surface area (Å²) in [6, 6.07) is 0. The maximum absolute atomic E-state index is 13.4. The molecule has 218 valence electrons. The van der Waals surface area contributed by atoms with Gasteiger partial charge < -0.3 is 5.11 Å². The molecule has 0 aliphatic heterocycles. The quantitative estimate of drug-likeness (QED) is 0.256. The van der Waals surface area contributed by atoms with Gasteiger partial charge in [-0.2, -0.15) is 96.6 Å². The minimum Gasteiger partial charge on any atom is -0.331 e.